The summed E-state index contributed by atoms with van der Waals surface area (Å²) >= 11 is 0. The van der Waals surface area contributed by atoms with Crippen LogP contribution in [0.15, 0.2) is 42.5 Å². The maximum atomic E-state index is 12.5. The Labute approximate surface area is 153 Å². The largest absolute Gasteiger partial charge is 0.486 e. The molecule has 5 nitrogen and oxygen atoms in total. The summed E-state index contributed by atoms with van der Waals surface area (Å²) in [5.41, 5.74) is 2.61. The second-order valence-corrected chi connectivity index (χ2v) is 6.85. The van der Waals surface area contributed by atoms with Crippen LogP contribution in [0, 0.1) is 0 Å². The second kappa shape index (κ2) is 7.79. The molecule has 2 aliphatic rings. The van der Waals surface area contributed by atoms with Crippen LogP contribution in [-0.4, -0.2) is 37.1 Å². The zero-order valence-electron chi connectivity index (χ0n) is 14.9. The van der Waals surface area contributed by atoms with E-state index >= 15 is 0 Å². The van der Waals surface area contributed by atoms with Crippen LogP contribution in [0.5, 0.6) is 11.5 Å². The van der Waals surface area contributed by atoms with E-state index in [0.29, 0.717) is 30.2 Å². The molecule has 2 aromatic carbocycles. The second-order valence-electron chi connectivity index (χ2n) is 6.85. The van der Waals surface area contributed by atoms with Gasteiger partial charge in [0.15, 0.2) is 11.5 Å². The first-order chi connectivity index (χ1) is 12.8. The maximum Gasteiger partial charge on any atom is 0.255 e. The summed E-state index contributed by atoms with van der Waals surface area (Å²) in [4.78, 5) is 15.0. The van der Waals surface area contributed by atoms with E-state index in [1.807, 2.05) is 36.4 Å². The zero-order valence-corrected chi connectivity index (χ0v) is 14.9. The number of carbonyl (C=O) groups excluding carboxylic acids is 1. The van der Waals surface area contributed by atoms with Gasteiger partial charge < -0.3 is 14.8 Å². The predicted octanol–water partition coefficient (Wildman–Crippen LogP) is 3.70. The lowest BCUT2D eigenvalue weighted by Gasteiger charge is -2.26. The first kappa shape index (κ1) is 16.9. The van der Waals surface area contributed by atoms with Gasteiger partial charge in [-0.15, -0.1) is 0 Å². The van der Waals surface area contributed by atoms with E-state index in [1.54, 1.807) is 6.07 Å². The van der Waals surface area contributed by atoms with Crippen molar-refractivity contribution in [2.75, 3.05) is 31.6 Å². The van der Waals surface area contributed by atoms with Crippen molar-refractivity contribution in [3.05, 3.63) is 53.6 Å². The normalized spacial score (nSPS) is 16.9. The lowest BCUT2D eigenvalue weighted by atomic mass is 10.1. The number of benzene rings is 2. The van der Waals surface area contributed by atoms with E-state index in [1.165, 1.54) is 37.9 Å². The SMILES string of the molecule is O=C(Nc1ccc2c(c1)OCCO2)c1ccc(CN2CCCCC2)cc1. The van der Waals surface area contributed by atoms with Crippen molar-refractivity contribution in [1.82, 2.24) is 4.90 Å². The maximum absolute atomic E-state index is 12.5. The Bertz CT molecular complexity index is 767. The number of ether oxygens (including phenoxy) is 2. The molecule has 4 rings (SSSR count). The van der Waals surface area contributed by atoms with Gasteiger partial charge in [0.1, 0.15) is 13.2 Å². The van der Waals surface area contributed by atoms with Crippen LogP contribution in [0.1, 0.15) is 35.2 Å². The first-order valence-electron chi connectivity index (χ1n) is 9.30. The Balaban J connectivity index is 1.38. The molecule has 0 saturated carbocycles. The van der Waals surface area contributed by atoms with Crippen LogP contribution in [0.2, 0.25) is 0 Å². The Morgan fingerprint density at radius 3 is 2.42 bits per heavy atom. The van der Waals surface area contributed by atoms with E-state index in [-0.39, 0.29) is 5.91 Å². The molecule has 5 heteroatoms. The lowest BCUT2D eigenvalue weighted by Crippen LogP contribution is -2.29. The van der Waals surface area contributed by atoms with Gasteiger partial charge in [-0.3, -0.25) is 9.69 Å². The third-order valence-corrected chi connectivity index (χ3v) is 4.87. The van der Waals surface area contributed by atoms with E-state index in [9.17, 15) is 4.79 Å². The quantitative estimate of drug-likeness (QED) is 0.912. The van der Waals surface area contributed by atoms with E-state index < -0.39 is 0 Å². The van der Waals surface area contributed by atoms with E-state index in [0.717, 1.165) is 12.3 Å². The predicted molar refractivity (Wildman–Crippen MR) is 101 cm³/mol. The van der Waals surface area contributed by atoms with Crippen molar-refractivity contribution >= 4 is 11.6 Å². The number of nitrogens with zero attached hydrogens (tertiary/aromatic N) is 1. The minimum atomic E-state index is -0.119. The third kappa shape index (κ3) is 3.99. The van der Waals surface area contributed by atoms with Crippen molar-refractivity contribution in [3.8, 4) is 11.5 Å². The molecule has 2 aliphatic heterocycles. The smallest absolute Gasteiger partial charge is 0.255 e. The summed E-state index contributed by atoms with van der Waals surface area (Å²) < 4.78 is 11.1. The monoisotopic (exact) mass is 352 g/mol. The average molecular weight is 352 g/mol. The number of piperidine rings is 1. The third-order valence-electron chi connectivity index (χ3n) is 4.87. The van der Waals surface area contributed by atoms with Gasteiger partial charge in [-0.2, -0.15) is 0 Å². The van der Waals surface area contributed by atoms with Gasteiger partial charge in [-0.05, 0) is 55.8 Å². The highest BCUT2D eigenvalue weighted by Crippen LogP contribution is 2.32. The summed E-state index contributed by atoms with van der Waals surface area (Å²) in [6.45, 7) is 4.40. The summed E-state index contributed by atoms with van der Waals surface area (Å²) in [5.74, 6) is 1.27. The van der Waals surface area contributed by atoms with Gasteiger partial charge in [0.25, 0.3) is 5.91 Å². The number of rotatable bonds is 4. The van der Waals surface area contributed by atoms with E-state index in [2.05, 4.69) is 10.2 Å². The number of anilines is 1. The van der Waals surface area contributed by atoms with E-state index in [4.69, 9.17) is 9.47 Å². The van der Waals surface area contributed by atoms with Crippen molar-refractivity contribution < 1.29 is 14.3 Å². The van der Waals surface area contributed by atoms with Crippen LogP contribution in [0.25, 0.3) is 0 Å². The number of hydrogen-bond acceptors (Lipinski definition) is 4. The fraction of sp³-hybridized carbons (Fsp3) is 0.381. The minimum Gasteiger partial charge on any atom is -0.486 e. The van der Waals surface area contributed by atoms with Crippen molar-refractivity contribution in [3.63, 3.8) is 0 Å². The molecule has 0 spiro atoms. The van der Waals surface area contributed by atoms with Crippen LogP contribution in [0.3, 0.4) is 0 Å². The fourth-order valence-electron chi connectivity index (χ4n) is 3.46. The van der Waals surface area contributed by atoms with Crippen molar-refractivity contribution in [1.29, 1.82) is 0 Å². The number of nitrogens with one attached hydrogen (secondary N) is 1. The molecule has 1 saturated heterocycles. The number of carbonyl (C=O) groups is 1. The molecule has 0 unspecified atom stereocenters. The Morgan fingerprint density at radius 2 is 1.65 bits per heavy atom. The summed E-state index contributed by atoms with van der Waals surface area (Å²) in [7, 11) is 0. The molecule has 0 aromatic heterocycles. The molecule has 2 aromatic rings. The topological polar surface area (TPSA) is 50.8 Å². The van der Waals surface area contributed by atoms with Crippen LogP contribution >= 0.6 is 0 Å². The zero-order chi connectivity index (χ0) is 17.8. The highest BCUT2D eigenvalue weighted by molar-refractivity contribution is 6.04. The Kier molecular flexibility index (Phi) is 5.07. The molecule has 2 heterocycles. The Hall–Kier alpha value is -2.53. The molecule has 26 heavy (non-hydrogen) atoms. The van der Waals surface area contributed by atoms with Gasteiger partial charge >= 0.3 is 0 Å². The van der Waals surface area contributed by atoms with Crippen molar-refractivity contribution in [2.45, 2.75) is 25.8 Å². The molecular formula is C21H24N2O3. The number of likely N-dealkylation sites (tertiary alicyclic amines) is 1. The molecule has 0 radical (unpaired) electrons. The van der Waals surface area contributed by atoms with Crippen LogP contribution < -0.4 is 14.8 Å². The fourth-order valence-corrected chi connectivity index (χ4v) is 3.46. The average Bonchev–Trinajstić information content (AvgIpc) is 2.69. The highest BCUT2D eigenvalue weighted by atomic mass is 16.6. The van der Waals surface area contributed by atoms with Gasteiger partial charge in [0.2, 0.25) is 0 Å². The molecule has 1 fully saturated rings. The van der Waals surface area contributed by atoms with Gasteiger partial charge in [-0.1, -0.05) is 18.6 Å². The molecular weight excluding hydrogens is 328 g/mol. The molecule has 1 N–H and O–H groups in total. The Morgan fingerprint density at radius 1 is 0.923 bits per heavy atom. The first-order valence-corrected chi connectivity index (χ1v) is 9.30. The summed E-state index contributed by atoms with van der Waals surface area (Å²) in [5, 5.41) is 2.92. The lowest BCUT2D eigenvalue weighted by molar-refractivity contribution is 0.102. The molecule has 1 amide bonds. The van der Waals surface area contributed by atoms with Crippen LogP contribution in [-0.2, 0) is 6.54 Å². The number of fused-ring (bicyclic) bond motifs is 1. The van der Waals surface area contributed by atoms with Crippen LogP contribution in [0.4, 0.5) is 5.69 Å². The summed E-state index contributed by atoms with van der Waals surface area (Å²) in [6, 6.07) is 13.3. The minimum absolute atomic E-state index is 0.119. The highest BCUT2D eigenvalue weighted by Gasteiger charge is 2.14. The van der Waals surface area contributed by atoms with Crippen molar-refractivity contribution in [2.24, 2.45) is 0 Å². The number of hydrogen-bond donors (Lipinski definition) is 1. The van der Waals surface area contributed by atoms with Gasteiger partial charge in [-0.25, -0.2) is 0 Å². The summed E-state index contributed by atoms with van der Waals surface area (Å²) in [6.07, 6.45) is 3.92. The number of amides is 1. The standard InChI is InChI=1S/C21H24N2O3/c24-21(22-18-8-9-19-20(14-18)26-13-12-25-19)17-6-4-16(5-7-17)15-23-10-2-1-3-11-23/h4-9,14H,1-3,10-13,15H2,(H,22,24). The molecule has 0 bridgehead atoms. The van der Waals surface area contributed by atoms with Gasteiger partial charge in [0.05, 0.1) is 0 Å². The van der Waals surface area contributed by atoms with Gasteiger partial charge in [0, 0.05) is 23.9 Å². The molecule has 136 valence electrons. The molecule has 0 atom stereocenters. The molecule has 0 aliphatic carbocycles.